The molecule has 0 radical (unpaired) electrons. The van der Waals surface area contributed by atoms with Gasteiger partial charge in [0.25, 0.3) is 0 Å². The first-order valence-electron chi connectivity index (χ1n) is 24.5. The smallest absolute Gasteiger partial charge is 0.306 e. The van der Waals surface area contributed by atoms with Crippen molar-refractivity contribution < 1.29 is 24.5 Å². The van der Waals surface area contributed by atoms with Crippen molar-refractivity contribution in [2.45, 2.75) is 251 Å². The molecule has 58 heavy (non-hydrogen) atoms. The van der Waals surface area contributed by atoms with Gasteiger partial charge < -0.3 is 20.3 Å². The van der Waals surface area contributed by atoms with Crippen LogP contribution in [0, 0.1) is 0 Å². The van der Waals surface area contributed by atoms with Crippen molar-refractivity contribution in [1.29, 1.82) is 0 Å². The van der Waals surface area contributed by atoms with Gasteiger partial charge in [0.2, 0.25) is 5.91 Å². The molecule has 0 bridgehead atoms. The number of rotatable bonds is 43. The zero-order valence-electron chi connectivity index (χ0n) is 38.2. The average Bonchev–Trinajstić information content (AvgIpc) is 3.22. The van der Waals surface area contributed by atoms with Crippen LogP contribution in [0.2, 0.25) is 0 Å². The van der Waals surface area contributed by atoms with Crippen molar-refractivity contribution >= 4 is 11.9 Å². The van der Waals surface area contributed by atoms with E-state index in [1.807, 2.05) is 0 Å². The Kier molecular flexibility index (Phi) is 43.7. The molecule has 0 aromatic carbocycles. The van der Waals surface area contributed by atoms with Crippen LogP contribution in [0.15, 0.2) is 60.8 Å². The summed E-state index contributed by atoms with van der Waals surface area (Å²) in [7, 11) is 0. The van der Waals surface area contributed by atoms with Gasteiger partial charge in [0.15, 0.2) is 0 Å². The fourth-order valence-corrected chi connectivity index (χ4v) is 7.14. The highest BCUT2D eigenvalue weighted by molar-refractivity contribution is 5.77. The molecule has 0 aliphatic carbocycles. The third-order valence-corrected chi connectivity index (χ3v) is 10.9. The molecule has 336 valence electrons. The molecule has 0 aromatic heterocycles. The van der Waals surface area contributed by atoms with Crippen LogP contribution in [0.5, 0.6) is 0 Å². The van der Waals surface area contributed by atoms with E-state index in [2.05, 4.69) is 86.8 Å². The van der Waals surface area contributed by atoms with Crippen molar-refractivity contribution in [3.63, 3.8) is 0 Å². The Morgan fingerprint density at radius 1 is 0.534 bits per heavy atom. The van der Waals surface area contributed by atoms with Crippen LogP contribution in [0.3, 0.4) is 0 Å². The Labute approximate surface area is 358 Å². The molecule has 0 aliphatic heterocycles. The van der Waals surface area contributed by atoms with Gasteiger partial charge >= 0.3 is 5.97 Å². The van der Waals surface area contributed by atoms with Crippen molar-refractivity contribution in [3.05, 3.63) is 60.8 Å². The summed E-state index contributed by atoms with van der Waals surface area (Å²) >= 11 is 0. The van der Waals surface area contributed by atoms with E-state index < -0.39 is 18.2 Å². The minimum Gasteiger partial charge on any atom is -0.462 e. The van der Waals surface area contributed by atoms with E-state index in [0.29, 0.717) is 19.3 Å². The molecule has 6 heteroatoms. The van der Waals surface area contributed by atoms with E-state index in [0.717, 1.165) is 96.3 Å². The average molecular weight is 812 g/mol. The van der Waals surface area contributed by atoms with E-state index in [1.165, 1.54) is 89.9 Å². The number of unbranched alkanes of at least 4 members (excludes halogenated alkanes) is 22. The Balaban J connectivity index is 4.66. The molecule has 0 saturated heterocycles. The number of hydrogen-bond acceptors (Lipinski definition) is 5. The summed E-state index contributed by atoms with van der Waals surface area (Å²) in [5.74, 6) is -0.511. The summed E-state index contributed by atoms with van der Waals surface area (Å²) in [5.41, 5.74) is 0. The van der Waals surface area contributed by atoms with Gasteiger partial charge in [0.05, 0.1) is 25.2 Å². The van der Waals surface area contributed by atoms with Gasteiger partial charge in [-0.1, -0.05) is 197 Å². The zero-order valence-corrected chi connectivity index (χ0v) is 38.2. The number of amides is 1. The maximum atomic E-state index is 13.2. The summed E-state index contributed by atoms with van der Waals surface area (Å²) in [4.78, 5) is 26.1. The van der Waals surface area contributed by atoms with E-state index in [4.69, 9.17) is 4.74 Å². The monoisotopic (exact) mass is 812 g/mol. The van der Waals surface area contributed by atoms with Crippen LogP contribution < -0.4 is 5.32 Å². The van der Waals surface area contributed by atoms with Crippen LogP contribution in [-0.2, 0) is 14.3 Å². The molecule has 3 unspecified atom stereocenters. The normalized spacial score (nSPS) is 13.8. The van der Waals surface area contributed by atoms with E-state index in [-0.39, 0.29) is 24.9 Å². The Morgan fingerprint density at radius 2 is 0.983 bits per heavy atom. The number of allylic oxidation sites excluding steroid dienone is 10. The van der Waals surface area contributed by atoms with Crippen LogP contribution in [0.4, 0.5) is 0 Å². The maximum Gasteiger partial charge on any atom is 0.306 e. The van der Waals surface area contributed by atoms with Crippen molar-refractivity contribution in [2.24, 2.45) is 0 Å². The molecule has 0 aliphatic rings. The van der Waals surface area contributed by atoms with Gasteiger partial charge in [0.1, 0.15) is 6.10 Å². The summed E-state index contributed by atoms with van der Waals surface area (Å²) in [6.45, 7) is 6.31. The molecular formula is C52H93NO5. The predicted molar refractivity (Wildman–Crippen MR) is 250 cm³/mol. The fourth-order valence-electron chi connectivity index (χ4n) is 7.14. The Bertz CT molecular complexity index is 1050. The first-order valence-corrected chi connectivity index (χ1v) is 24.5. The topological polar surface area (TPSA) is 95.9 Å². The minimum absolute atomic E-state index is 0.0564. The van der Waals surface area contributed by atoms with Crippen molar-refractivity contribution in [3.8, 4) is 0 Å². The number of nitrogens with one attached hydrogen (secondary N) is 1. The van der Waals surface area contributed by atoms with Crippen LogP contribution in [0.1, 0.15) is 233 Å². The van der Waals surface area contributed by atoms with E-state index in [9.17, 15) is 19.8 Å². The maximum absolute atomic E-state index is 13.2. The molecule has 0 spiro atoms. The quantitative estimate of drug-likeness (QED) is 0.0247. The lowest BCUT2D eigenvalue weighted by Gasteiger charge is -2.24. The molecule has 0 aromatic rings. The largest absolute Gasteiger partial charge is 0.462 e. The number of aliphatic hydroxyl groups excluding tert-OH is 2. The first-order chi connectivity index (χ1) is 28.5. The number of ether oxygens (including phenoxy) is 1. The second-order valence-corrected chi connectivity index (χ2v) is 16.5. The van der Waals surface area contributed by atoms with Gasteiger partial charge in [-0.15, -0.1) is 0 Å². The highest BCUT2D eigenvalue weighted by atomic mass is 16.5. The number of aliphatic hydroxyl groups is 2. The standard InChI is InChI=1S/C52H93NO5/c1-4-7-10-13-16-19-22-24-26-28-30-33-36-39-42-45-52(57)58-48(43-40-37-34-31-29-27-25-23-20-17-14-11-8-5-2)46-51(56)53-49(47-54)50(55)44-41-38-35-32-21-18-15-12-9-6-3/h8,11,16-17,19-20,22,24-25,27,48-50,54-55H,4-7,9-10,12-15,18,21,23,26,28-47H2,1-3H3,(H,53,56)/b11-8+,19-16+,20-17+,24-22+,27-25+. The molecule has 0 rings (SSSR count). The molecule has 1 amide bonds. The van der Waals surface area contributed by atoms with Crippen LogP contribution in [0.25, 0.3) is 0 Å². The first kappa shape index (κ1) is 55.6. The lowest BCUT2D eigenvalue weighted by molar-refractivity contribution is -0.151. The van der Waals surface area contributed by atoms with E-state index >= 15 is 0 Å². The molecule has 6 nitrogen and oxygen atoms in total. The predicted octanol–water partition coefficient (Wildman–Crippen LogP) is 14.5. The van der Waals surface area contributed by atoms with Gasteiger partial charge in [-0.2, -0.15) is 0 Å². The van der Waals surface area contributed by atoms with Gasteiger partial charge in [-0.05, 0) is 83.5 Å². The van der Waals surface area contributed by atoms with Gasteiger partial charge in [0, 0.05) is 6.42 Å². The summed E-state index contributed by atoms with van der Waals surface area (Å²) < 4.78 is 5.91. The Morgan fingerprint density at radius 3 is 1.55 bits per heavy atom. The second-order valence-electron chi connectivity index (χ2n) is 16.5. The second kappa shape index (κ2) is 45.6. The fraction of sp³-hybridized carbons (Fsp3) is 0.769. The lowest BCUT2D eigenvalue weighted by Crippen LogP contribution is -2.46. The molecule has 0 heterocycles. The highest BCUT2D eigenvalue weighted by Gasteiger charge is 2.24. The van der Waals surface area contributed by atoms with E-state index in [1.54, 1.807) is 0 Å². The number of esters is 1. The lowest BCUT2D eigenvalue weighted by atomic mass is 10.0. The molecular weight excluding hydrogens is 719 g/mol. The molecule has 3 N–H and O–H groups in total. The number of carbonyl (C=O) groups is 2. The summed E-state index contributed by atoms with van der Waals surface area (Å²) in [5, 5.41) is 23.7. The highest BCUT2D eigenvalue weighted by Crippen LogP contribution is 2.17. The van der Waals surface area contributed by atoms with Gasteiger partial charge in [-0.25, -0.2) is 0 Å². The molecule has 0 fully saturated rings. The summed E-state index contributed by atoms with van der Waals surface area (Å²) in [6.07, 6.45) is 55.6. The zero-order chi connectivity index (χ0) is 42.4. The van der Waals surface area contributed by atoms with Crippen molar-refractivity contribution in [1.82, 2.24) is 5.32 Å². The van der Waals surface area contributed by atoms with Crippen LogP contribution in [-0.4, -0.2) is 46.9 Å². The SMILES string of the molecule is CC/C=C/C/C=C/C/C=C/CCCCCCC(CC(=O)NC(CO)C(O)CCCCCCCCCCCC)OC(=O)CCCCCCCC/C=C/C=C/CCCCC. The van der Waals surface area contributed by atoms with Gasteiger partial charge in [-0.3, -0.25) is 9.59 Å². The Hall–Kier alpha value is -2.44. The number of carbonyl (C=O) groups excluding carboxylic acids is 2. The molecule has 3 atom stereocenters. The number of hydrogen-bond donors (Lipinski definition) is 3. The third kappa shape index (κ3) is 40.3. The molecule has 0 saturated carbocycles. The minimum atomic E-state index is -0.796. The van der Waals surface area contributed by atoms with Crippen LogP contribution >= 0.6 is 0 Å². The third-order valence-electron chi connectivity index (χ3n) is 10.9. The summed E-state index contributed by atoms with van der Waals surface area (Å²) in [6, 6.07) is -0.711. The van der Waals surface area contributed by atoms with Crippen molar-refractivity contribution in [2.75, 3.05) is 6.61 Å².